The maximum atomic E-state index is 10.8. The number of rotatable bonds is 4. The first kappa shape index (κ1) is 22.3. The van der Waals surface area contributed by atoms with Crippen molar-refractivity contribution in [2.24, 2.45) is 11.5 Å². The fourth-order valence-corrected chi connectivity index (χ4v) is 1.40. The predicted octanol–water partition coefficient (Wildman–Crippen LogP) is 1.82. The Hall–Kier alpha value is -3.03. The van der Waals surface area contributed by atoms with Crippen LogP contribution in [0.15, 0.2) is 30.9 Å². The van der Waals surface area contributed by atoms with Crippen LogP contribution in [0.5, 0.6) is 0 Å². The first-order chi connectivity index (χ1) is 10.6. The Morgan fingerprint density at radius 1 is 1.17 bits per heavy atom. The zero-order valence-electron chi connectivity index (χ0n) is 13.1. The summed E-state index contributed by atoms with van der Waals surface area (Å²) in [5, 5.41) is 14.4. The SMILES string of the molecule is C=CC(=O)OCCc1cccc(C)c1C.NC(=O)O.NC(=O)O. The van der Waals surface area contributed by atoms with Crippen molar-refractivity contribution in [3.8, 4) is 0 Å². The van der Waals surface area contributed by atoms with Crippen LogP contribution in [0.25, 0.3) is 0 Å². The molecule has 0 fully saturated rings. The van der Waals surface area contributed by atoms with Gasteiger partial charge >= 0.3 is 18.2 Å². The van der Waals surface area contributed by atoms with Crippen molar-refractivity contribution in [3.05, 3.63) is 47.5 Å². The predicted molar refractivity (Wildman–Crippen MR) is 85.2 cm³/mol. The van der Waals surface area contributed by atoms with Gasteiger partial charge < -0.3 is 26.4 Å². The highest BCUT2D eigenvalue weighted by atomic mass is 16.5. The molecule has 1 aromatic rings. The van der Waals surface area contributed by atoms with Gasteiger partial charge in [-0.15, -0.1) is 0 Å². The second-order valence-corrected chi connectivity index (χ2v) is 4.16. The average molecular weight is 326 g/mol. The maximum Gasteiger partial charge on any atom is 0.402 e. The molecule has 0 spiro atoms. The largest absolute Gasteiger partial charge is 0.465 e. The third-order valence-electron chi connectivity index (χ3n) is 2.50. The molecule has 0 bridgehead atoms. The van der Waals surface area contributed by atoms with Gasteiger partial charge in [-0.05, 0) is 30.5 Å². The normalized spacial score (nSPS) is 8.43. The lowest BCUT2D eigenvalue weighted by Gasteiger charge is -2.08. The van der Waals surface area contributed by atoms with Crippen molar-refractivity contribution >= 4 is 18.2 Å². The van der Waals surface area contributed by atoms with Gasteiger partial charge in [0.15, 0.2) is 0 Å². The van der Waals surface area contributed by atoms with Crippen molar-refractivity contribution in [1.82, 2.24) is 0 Å². The van der Waals surface area contributed by atoms with Gasteiger partial charge in [0.2, 0.25) is 0 Å². The van der Waals surface area contributed by atoms with E-state index in [0.717, 1.165) is 6.42 Å². The van der Waals surface area contributed by atoms with E-state index in [2.05, 4.69) is 44.0 Å². The van der Waals surface area contributed by atoms with E-state index < -0.39 is 12.2 Å². The summed E-state index contributed by atoms with van der Waals surface area (Å²) in [5.41, 5.74) is 11.8. The standard InChI is InChI=1S/C13H16O2.2CH3NO2/c1-4-13(14)15-9-8-12-7-5-6-10(2)11(12)3;2*2-1(3)4/h4-7H,1,8-9H2,2-3H3;2*2H2,(H,3,4). The smallest absolute Gasteiger partial charge is 0.402 e. The molecule has 0 aliphatic rings. The fourth-order valence-electron chi connectivity index (χ4n) is 1.40. The number of amides is 2. The summed E-state index contributed by atoms with van der Waals surface area (Å²) in [4.78, 5) is 28.4. The van der Waals surface area contributed by atoms with Crippen molar-refractivity contribution in [1.29, 1.82) is 0 Å². The van der Waals surface area contributed by atoms with Gasteiger partial charge in [0.05, 0.1) is 6.61 Å². The molecule has 0 aliphatic heterocycles. The number of carbonyl (C=O) groups excluding carboxylic acids is 1. The number of benzene rings is 1. The highest BCUT2D eigenvalue weighted by molar-refractivity contribution is 5.81. The van der Waals surface area contributed by atoms with Gasteiger partial charge in [0, 0.05) is 12.5 Å². The molecule has 0 saturated heterocycles. The lowest BCUT2D eigenvalue weighted by Crippen LogP contribution is -2.05. The van der Waals surface area contributed by atoms with Crippen molar-refractivity contribution < 1.29 is 29.3 Å². The topological polar surface area (TPSA) is 153 Å². The first-order valence-corrected chi connectivity index (χ1v) is 6.42. The van der Waals surface area contributed by atoms with E-state index in [1.165, 1.54) is 22.8 Å². The molecule has 0 saturated carbocycles. The molecule has 0 unspecified atom stereocenters. The van der Waals surface area contributed by atoms with Crippen LogP contribution in [0.1, 0.15) is 16.7 Å². The summed E-state index contributed by atoms with van der Waals surface area (Å²) in [6, 6.07) is 6.16. The maximum absolute atomic E-state index is 10.8. The van der Waals surface area contributed by atoms with Crippen LogP contribution in [-0.2, 0) is 16.0 Å². The minimum Gasteiger partial charge on any atom is -0.465 e. The van der Waals surface area contributed by atoms with Gasteiger partial charge in [-0.25, -0.2) is 14.4 Å². The van der Waals surface area contributed by atoms with Gasteiger partial charge in [-0.3, -0.25) is 0 Å². The van der Waals surface area contributed by atoms with Crippen LogP contribution in [0, 0.1) is 13.8 Å². The number of primary amides is 2. The van der Waals surface area contributed by atoms with Crippen LogP contribution >= 0.6 is 0 Å². The summed E-state index contributed by atoms with van der Waals surface area (Å²) in [5.74, 6) is -0.361. The Morgan fingerprint density at radius 3 is 2.09 bits per heavy atom. The number of nitrogens with two attached hydrogens (primary N) is 2. The van der Waals surface area contributed by atoms with Crippen LogP contribution < -0.4 is 11.5 Å². The molecule has 128 valence electrons. The molecular formula is C15H22N2O6. The quantitative estimate of drug-likeness (QED) is 0.489. The Balaban J connectivity index is 0. The molecule has 0 aromatic heterocycles. The van der Waals surface area contributed by atoms with E-state index >= 15 is 0 Å². The third-order valence-corrected chi connectivity index (χ3v) is 2.50. The molecular weight excluding hydrogens is 304 g/mol. The zero-order valence-corrected chi connectivity index (χ0v) is 13.1. The minimum absolute atomic E-state index is 0.361. The van der Waals surface area contributed by atoms with Gasteiger partial charge in [0.1, 0.15) is 0 Å². The van der Waals surface area contributed by atoms with E-state index in [4.69, 9.17) is 24.5 Å². The first-order valence-electron chi connectivity index (χ1n) is 6.42. The lowest BCUT2D eigenvalue weighted by atomic mass is 10.0. The lowest BCUT2D eigenvalue weighted by molar-refractivity contribution is -0.137. The Labute approximate surface area is 134 Å². The summed E-state index contributed by atoms with van der Waals surface area (Å²) in [6.45, 7) is 7.92. The molecule has 1 rings (SSSR count). The number of carbonyl (C=O) groups is 3. The fraction of sp³-hybridized carbons (Fsp3) is 0.267. The van der Waals surface area contributed by atoms with Crippen LogP contribution in [0.2, 0.25) is 0 Å². The van der Waals surface area contributed by atoms with E-state index in [9.17, 15) is 4.79 Å². The second-order valence-electron chi connectivity index (χ2n) is 4.16. The number of aryl methyl sites for hydroxylation is 1. The molecule has 0 atom stereocenters. The Bertz CT molecular complexity index is 523. The minimum atomic E-state index is -1.33. The zero-order chi connectivity index (χ0) is 18.4. The van der Waals surface area contributed by atoms with Crippen LogP contribution in [0.4, 0.5) is 9.59 Å². The molecule has 8 heteroatoms. The summed E-state index contributed by atoms with van der Waals surface area (Å²) in [6.07, 6.45) is -0.726. The van der Waals surface area contributed by atoms with Crippen molar-refractivity contribution in [2.75, 3.05) is 6.61 Å². The number of hydrogen-bond donors (Lipinski definition) is 4. The number of hydrogen-bond acceptors (Lipinski definition) is 4. The molecule has 23 heavy (non-hydrogen) atoms. The monoisotopic (exact) mass is 326 g/mol. The third kappa shape index (κ3) is 15.2. The molecule has 2 amide bonds. The Morgan fingerprint density at radius 2 is 1.65 bits per heavy atom. The van der Waals surface area contributed by atoms with E-state index in [-0.39, 0.29) is 5.97 Å². The molecule has 6 N–H and O–H groups in total. The second kappa shape index (κ2) is 12.7. The van der Waals surface area contributed by atoms with E-state index in [0.29, 0.717) is 6.61 Å². The van der Waals surface area contributed by atoms with E-state index in [1.807, 2.05) is 6.07 Å². The van der Waals surface area contributed by atoms with Gasteiger partial charge in [-0.2, -0.15) is 0 Å². The summed E-state index contributed by atoms with van der Waals surface area (Å²) in [7, 11) is 0. The molecule has 0 aliphatic carbocycles. The molecule has 0 heterocycles. The highest BCUT2D eigenvalue weighted by Gasteiger charge is 2.01. The molecule has 1 aromatic carbocycles. The summed E-state index contributed by atoms with van der Waals surface area (Å²) >= 11 is 0. The number of ether oxygens (including phenoxy) is 1. The van der Waals surface area contributed by atoms with Gasteiger partial charge in [-0.1, -0.05) is 24.8 Å². The van der Waals surface area contributed by atoms with Crippen molar-refractivity contribution in [2.45, 2.75) is 20.3 Å². The van der Waals surface area contributed by atoms with Crippen LogP contribution in [0.3, 0.4) is 0 Å². The van der Waals surface area contributed by atoms with Gasteiger partial charge in [0.25, 0.3) is 0 Å². The Kier molecular flexibility index (Phi) is 12.3. The number of esters is 1. The highest BCUT2D eigenvalue weighted by Crippen LogP contribution is 2.13. The van der Waals surface area contributed by atoms with Crippen LogP contribution in [-0.4, -0.2) is 35.0 Å². The summed E-state index contributed by atoms with van der Waals surface area (Å²) < 4.78 is 4.93. The van der Waals surface area contributed by atoms with Crippen molar-refractivity contribution in [3.63, 3.8) is 0 Å². The average Bonchev–Trinajstić information content (AvgIpc) is 2.42. The number of carboxylic acid groups (broad SMARTS) is 2. The van der Waals surface area contributed by atoms with E-state index in [1.54, 1.807) is 0 Å². The molecule has 0 radical (unpaired) electrons. The molecule has 8 nitrogen and oxygen atoms in total.